The van der Waals surface area contributed by atoms with E-state index in [2.05, 4.69) is 0 Å². The van der Waals surface area contributed by atoms with Gasteiger partial charge >= 0.3 is 0 Å². The lowest BCUT2D eigenvalue weighted by molar-refractivity contribution is 0.805. The minimum Gasteiger partial charge on any atom is -0.330 e. The average molecular weight is 133 g/mol. The summed E-state index contributed by atoms with van der Waals surface area (Å²) in [6.07, 6.45) is 2.67. The van der Waals surface area contributed by atoms with Gasteiger partial charge in [-0.05, 0) is 22.7 Å². The van der Waals surface area contributed by atoms with Gasteiger partial charge in [0, 0.05) is 9.04 Å². The maximum absolute atomic E-state index is 5.30. The molecule has 7 heavy (non-hydrogen) atoms. The summed E-state index contributed by atoms with van der Waals surface area (Å²) in [5, 5.41) is 0. The fourth-order valence-electron chi connectivity index (χ4n) is 0.571. The second-order valence-corrected chi connectivity index (χ2v) is 6.56. The van der Waals surface area contributed by atoms with E-state index in [9.17, 15) is 0 Å². The molecule has 0 aromatic heterocycles. The smallest absolute Gasteiger partial charge is 0.00412 e. The van der Waals surface area contributed by atoms with Crippen LogP contribution in [0.5, 0.6) is 0 Å². The van der Waals surface area contributed by atoms with Crippen LogP contribution in [0.15, 0.2) is 0 Å². The van der Waals surface area contributed by atoms with Crippen LogP contribution in [0.4, 0.5) is 0 Å². The lowest BCUT2D eigenvalue weighted by Crippen LogP contribution is -1.98. The molecule has 0 aromatic rings. The fourth-order valence-corrected chi connectivity index (χ4v) is 2.92. The molecule has 2 N–H and O–H groups in total. The summed E-state index contributed by atoms with van der Waals surface area (Å²) in [5.74, 6) is 0. The van der Waals surface area contributed by atoms with Crippen molar-refractivity contribution >= 4 is 18.8 Å². The highest BCUT2D eigenvalue weighted by Crippen LogP contribution is 1.89. The molecule has 0 heterocycles. The molecule has 0 rings (SSSR count). The molecule has 0 aliphatic heterocycles. The van der Waals surface area contributed by atoms with Crippen molar-refractivity contribution in [1.29, 1.82) is 0 Å². The van der Waals surface area contributed by atoms with Gasteiger partial charge in [0.1, 0.15) is 0 Å². The van der Waals surface area contributed by atoms with Crippen LogP contribution in [0.3, 0.4) is 0 Å². The number of rotatable bonds is 4. The Bertz CT molecular complexity index is 28.9. The minimum atomic E-state index is 0.477. The summed E-state index contributed by atoms with van der Waals surface area (Å²) in [4.78, 5) is 0. The molecular weight excluding hydrogens is 118 g/mol. The number of nitrogens with two attached hydrogens (primary N) is 1. The van der Waals surface area contributed by atoms with Gasteiger partial charge in [0.05, 0.1) is 0 Å². The first kappa shape index (κ1) is 7.39. The Morgan fingerprint density at radius 1 is 1.43 bits per heavy atom. The molecule has 0 aliphatic carbocycles. The van der Waals surface area contributed by atoms with E-state index in [0.29, 0.717) is 9.04 Å². The van der Waals surface area contributed by atoms with Gasteiger partial charge in [0.2, 0.25) is 0 Å². The summed E-state index contributed by atoms with van der Waals surface area (Å²) in [6.45, 7) is 0.899. The van der Waals surface area contributed by atoms with E-state index in [1.165, 1.54) is 22.6 Å². The van der Waals surface area contributed by atoms with Gasteiger partial charge in [-0.3, -0.25) is 0 Å². The monoisotopic (exact) mass is 133 g/mol. The van der Waals surface area contributed by atoms with Gasteiger partial charge in [-0.1, -0.05) is 12.5 Å². The van der Waals surface area contributed by atoms with E-state index in [0.717, 1.165) is 6.54 Å². The minimum absolute atomic E-state index is 0.477. The maximum atomic E-state index is 5.30. The molecule has 0 saturated carbocycles. The molecule has 0 atom stereocenters. The summed E-state index contributed by atoms with van der Waals surface area (Å²) in [5.41, 5.74) is 5.30. The van der Waals surface area contributed by atoms with Gasteiger partial charge in [0.25, 0.3) is 0 Å². The largest absolute Gasteiger partial charge is 0.330 e. The number of hydrogen-bond donors (Lipinski definition) is 1. The van der Waals surface area contributed by atoms with Crippen LogP contribution in [0.2, 0.25) is 6.04 Å². The molecule has 0 unspecified atom stereocenters. The van der Waals surface area contributed by atoms with Crippen LogP contribution in [0.25, 0.3) is 0 Å². The fraction of sp³-hybridized carbons (Fsp3) is 1.00. The molecule has 1 nitrogen and oxygen atoms in total. The quantitative estimate of drug-likeness (QED) is 0.370. The SMILES string of the molecule is NCCCC[SiH2][SiH3]. The van der Waals surface area contributed by atoms with Gasteiger partial charge in [-0.2, -0.15) is 0 Å². The molecule has 0 amide bonds. The summed E-state index contributed by atoms with van der Waals surface area (Å²) in [6, 6.07) is 1.55. The first-order chi connectivity index (χ1) is 3.41. The highest BCUT2D eigenvalue weighted by Gasteiger charge is 1.80. The number of hydrogen-bond acceptors (Lipinski definition) is 1. The van der Waals surface area contributed by atoms with Crippen LogP contribution in [-0.2, 0) is 0 Å². The molecular formula is C4H15NSi2. The summed E-state index contributed by atoms with van der Waals surface area (Å²) in [7, 11) is 1.98. The first-order valence-electron chi connectivity index (χ1n) is 3.12. The van der Waals surface area contributed by atoms with Crippen LogP contribution in [-0.4, -0.2) is 25.3 Å². The molecule has 3 heteroatoms. The zero-order valence-corrected chi connectivity index (χ0v) is 8.53. The van der Waals surface area contributed by atoms with E-state index >= 15 is 0 Å². The molecule has 0 spiro atoms. The first-order valence-corrected chi connectivity index (χ1v) is 9.77. The molecule has 0 radical (unpaired) electrons. The third kappa shape index (κ3) is 6.39. The van der Waals surface area contributed by atoms with Crippen LogP contribution in [0, 0.1) is 0 Å². The van der Waals surface area contributed by atoms with Gasteiger partial charge in [0.15, 0.2) is 0 Å². The molecule has 44 valence electrons. The van der Waals surface area contributed by atoms with E-state index < -0.39 is 0 Å². The predicted molar refractivity (Wildman–Crippen MR) is 41.6 cm³/mol. The second-order valence-electron chi connectivity index (χ2n) is 1.85. The topological polar surface area (TPSA) is 26.0 Å². The van der Waals surface area contributed by atoms with Gasteiger partial charge in [-0.15, -0.1) is 0 Å². The van der Waals surface area contributed by atoms with Crippen molar-refractivity contribution in [3.05, 3.63) is 0 Å². The Hall–Kier alpha value is 0.394. The maximum Gasteiger partial charge on any atom is 0.00412 e. The Kier molecular flexibility index (Phi) is 6.75. The predicted octanol–water partition coefficient (Wildman–Crippen LogP) is -1.41. The van der Waals surface area contributed by atoms with Crippen molar-refractivity contribution < 1.29 is 0 Å². The van der Waals surface area contributed by atoms with E-state index in [4.69, 9.17) is 5.73 Å². The van der Waals surface area contributed by atoms with Crippen molar-refractivity contribution in [2.75, 3.05) is 6.54 Å². The molecule has 0 bridgehead atoms. The van der Waals surface area contributed by atoms with E-state index in [1.807, 2.05) is 0 Å². The van der Waals surface area contributed by atoms with Crippen molar-refractivity contribution in [2.45, 2.75) is 18.9 Å². The number of unbranched alkanes of at least 4 members (excludes halogenated alkanes) is 1. The van der Waals surface area contributed by atoms with Gasteiger partial charge in [-0.25, -0.2) is 0 Å². The normalized spacial score (nSPS) is 11.6. The second kappa shape index (κ2) is 6.39. The Balaban J connectivity index is 2.45. The van der Waals surface area contributed by atoms with Crippen molar-refractivity contribution in [3.8, 4) is 0 Å². The lowest BCUT2D eigenvalue weighted by atomic mass is 10.3. The molecule has 0 aromatic carbocycles. The molecule has 0 fully saturated rings. The molecule has 0 aliphatic rings. The Labute approximate surface area is 50.7 Å². The van der Waals surface area contributed by atoms with Crippen molar-refractivity contribution in [3.63, 3.8) is 0 Å². The van der Waals surface area contributed by atoms with Crippen LogP contribution >= 0.6 is 0 Å². The van der Waals surface area contributed by atoms with Crippen molar-refractivity contribution in [2.24, 2.45) is 5.73 Å². The van der Waals surface area contributed by atoms with Crippen LogP contribution < -0.4 is 5.73 Å². The highest BCUT2D eigenvalue weighted by atomic mass is 29.1. The standard InChI is InChI=1S/C4H15NSi2/c5-3-1-2-4-7-6/h1-5,7H2,6H3. The van der Waals surface area contributed by atoms with Crippen LogP contribution in [0.1, 0.15) is 12.8 Å². The Morgan fingerprint density at radius 3 is 2.57 bits per heavy atom. The van der Waals surface area contributed by atoms with E-state index in [1.54, 1.807) is 6.04 Å². The van der Waals surface area contributed by atoms with E-state index in [-0.39, 0.29) is 0 Å². The third-order valence-corrected chi connectivity index (χ3v) is 4.39. The lowest BCUT2D eigenvalue weighted by Gasteiger charge is -1.90. The summed E-state index contributed by atoms with van der Waals surface area (Å²) >= 11 is 0. The zero-order chi connectivity index (χ0) is 5.54. The highest BCUT2D eigenvalue weighted by molar-refractivity contribution is 6.89. The zero-order valence-electron chi connectivity index (χ0n) is 5.11. The third-order valence-electron chi connectivity index (χ3n) is 1.06. The molecule has 0 saturated heterocycles. The average Bonchev–Trinajstić information content (AvgIpc) is 1.69. The summed E-state index contributed by atoms with van der Waals surface area (Å²) < 4.78 is 0. The van der Waals surface area contributed by atoms with Gasteiger partial charge < -0.3 is 5.73 Å². The Morgan fingerprint density at radius 2 is 2.14 bits per heavy atom. The van der Waals surface area contributed by atoms with Crippen molar-refractivity contribution in [1.82, 2.24) is 0 Å².